The van der Waals surface area contributed by atoms with Crippen LogP contribution in [0.3, 0.4) is 0 Å². The molecule has 0 bridgehead atoms. The number of ether oxygens (including phenoxy) is 1. The van der Waals surface area contributed by atoms with Crippen molar-refractivity contribution in [2.45, 2.75) is 33.4 Å². The lowest BCUT2D eigenvalue weighted by molar-refractivity contribution is 0.270. The molecule has 1 unspecified atom stereocenters. The zero-order valence-corrected chi connectivity index (χ0v) is 12.4. The van der Waals surface area contributed by atoms with E-state index in [1.165, 1.54) is 0 Å². The third kappa shape index (κ3) is 5.09. The molecule has 0 aromatic heterocycles. The van der Waals surface area contributed by atoms with Crippen LogP contribution in [0.4, 0.5) is 0 Å². The second kappa shape index (κ2) is 8.02. The third-order valence-corrected chi connectivity index (χ3v) is 3.35. The molecule has 0 aliphatic carbocycles. The molecule has 1 rings (SSSR count). The molecule has 0 fully saturated rings. The molecule has 0 amide bonds. The molecule has 1 aromatic rings. The number of phenolic OH excluding ortho intramolecular Hbond substituents is 1. The first-order valence-corrected chi connectivity index (χ1v) is 6.92. The summed E-state index contributed by atoms with van der Waals surface area (Å²) >= 11 is 0. The summed E-state index contributed by atoms with van der Waals surface area (Å²) in [6.45, 7) is 10.3. The Balaban J connectivity index is 2.51. The topological polar surface area (TPSA) is 44.7 Å². The smallest absolute Gasteiger partial charge is 0.120 e. The minimum absolute atomic E-state index is 0.309. The lowest BCUT2D eigenvalue weighted by Crippen LogP contribution is -2.38. The zero-order valence-electron chi connectivity index (χ0n) is 12.4. The lowest BCUT2D eigenvalue weighted by Gasteiger charge is -2.23. The van der Waals surface area contributed by atoms with Gasteiger partial charge in [0.1, 0.15) is 11.5 Å². The molecule has 0 saturated heterocycles. The first kappa shape index (κ1) is 15.8. The van der Waals surface area contributed by atoms with Gasteiger partial charge in [0.15, 0.2) is 0 Å². The standard InChI is InChI=1S/C15H26N2O2/c1-5-17(6-2)11-12(3)16-10-13-9-14(19-4)7-8-15(13)18/h7-9,12,16,18H,5-6,10-11H2,1-4H3. The summed E-state index contributed by atoms with van der Waals surface area (Å²) in [4.78, 5) is 2.38. The molecule has 0 aliphatic heterocycles. The summed E-state index contributed by atoms with van der Waals surface area (Å²) in [6, 6.07) is 5.68. The Kier molecular flexibility index (Phi) is 6.67. The molecule has 0 aliphatic rings. The third-order valence-electron chi connectivity index (χ3n) is 3.35. The summed E-state index contributed by atoms with van der Waals surface area (Å²) in [5.41, 5.74) is 0.866. The zero-order chi connectivity index (χ0) is 14.3. The highest BCUT2D eigenvalue weighted by molar-refractivity contribution is 5.39. The average Bonchev–Trinajstić information content (AvgIpc) is 2.43. The van der Waals surface area contributed by atoms with Crippen LogP contribution < -0.4 is 10.1 Å². The number of hydrogen-bond donors (Lipinski definition) is 2. The number of methoxy groups -OCH3 is 1. The van der Waals surface area contributed by atoms with Crippen molar-refractivity contribution in [3.8, 4) is 11.5 Å². The molecule has 108 valence electrons. The van der Waals surface area contributed by atoms with E-state index < -0.39 is 0 Å². The molecule has 0 radical (unpaired) electrons. The molecule has 1 atom stereocenters. The Hall–Kier alpha value is -1.26. The molecular weight excluding hydrogens is 240 g/mol. The minimum atomic E-state index is 0.309. The monoisotopic (exact) mass is 266 g/mol. The fourth-order valence-electron chi connectivity index (χ4n) is 2.05. The number of hydrogen-bond acceptors (Lipinski definition) is 4. The molecule has 4 heteroatoms. The number of rotatable bonds is 8. The van der Waals surface area contributed by atoms with Crippen molar-refractivity contribution in [1.29, 1.82) is 0 Å². The van der Waals surface area contributed by atoms with E-state index in [1.54, 1.807) is 19.2 Å². The second-order valence-electron chi connectivity index (χ2n) is 4.76. The van der Waals surface area contributed by atoms with Gasteiger partial charge in [-0.05, 0) is 38.2 Å². The number of benzene rings is 1. The molecule has 0 heterocycles. The van der Waals surface area contributed by atoms with Gasteiger partial charge in [0.25, 0.3) is 0 Å². The summed E-state index contributed by atoms with van der Waals surface area (Å²) in [7, 11) is 1.63. The fourth-order valence-corrected chi connectivity index (χ4v) is 2.05. The summed E-state index contributed by atoms with van der Waals surface area (Å²) in [5.74, 6) is 1.08. The van der Waals surface area contributed by atoms with Gasteiger partial charge in [-0.3, -0.25) is 0 Å². The normalized spacial score (nSPS) is 12.7. The van der Waals surface area contributed by atoms with Gasteiger partial charge >= 0.3 is 0 Å². The largest absolute Gasteiger partial charge is 0.508 e. The van der Waals surface area contributed by atoms with Gasteiger partial charge in [0, 0.05) is 24.7 Å². The van der Waals surface area contributed by atoms with E-state index in [2.05, 4.69) is 31.0 Å². The minimum Gasteiger partial charge on any atom is -0.508 e. The first-order valence-electron chi connectivity index (χ1n) is 6.92. The Morgan fingerprint density at radius 2 is 2.00 bits per heavy atom. The Labute approximate surface area is 116 Å². The molecule has 0 saturated carbocycles. The number of nitrogens with zero attached hydrogens (tertiary/aromatic N) is 1. The van der Waals surface area contributed by atoms with Crippen LogP contribution in [-0.4, -0.2) is 42.8 Å². The Bertz CT molecular complexity index is 378. The van der Waals surface area contributed by atoms with Crippen LogP contribution in [0.25, 0.3) is 0 Å². The maximum Gasteiger partial charge on any atom is 0.120 e. The van der Waals surface area contributed by atoms with Gasteiger partial charge in [-0.2, -0.15) is 0 Å². The maximum absolute atomic E-state index is 9.81. The van der Waals surface area contributed by atoms with Crippen molar-refractivity contribution in [2.75, 3.05) is 26.7 Å². The molecule has 0 spiro atoms. The predicted molar refractivity (Wildman–Crippen MR) is 78.7 cm³/mol. The number of phenols is 1. The van der Waals surface area contributed by atoms with Crippen LogP contribution in [0.2, 0.25) is 0 Å². The number of aromatic hydroxyl groups is 1. The first-order chi connectivity index (χ1) is 9.10. The van der Waals surface area contributed by atoms with E-state index in [0.717, 1.165) is 30.9 Å². The van der Waals surface area contributed by atoms with Crippen molar-refractivity contribution >= 4 is 0 Å². The van der Waals surface area contributed by atoms with Gasteiger partial charge < -0.3 is 20.1 Å². The van der Waals surface area contributed by atoms with E-state index in [1.807, 2.05) is 6.07 Å². The Morgan fingerprint density at radius 3 is 2.58 bits per heavy atom. The van der Waals surface area contributed by atoms with E-state index >= 15 is 0 Å². The fraction of sp³-hybridized carbons (Fsp3) is 0.600. The quantitative estimate of drug-likeness (QED) is 0.757. The van der Waals surface area contributed by atoms with Crippen LogP contribution in [0.5, 0.6) is 11.5 Å². The van der Waals surface area contributed by atoms with Crippen molar-refractivity contribution in [3.63, 3.8) is 0 Å². The Morgan fingerprint density at radius 1 is 1.32 bits per heavy atom. The van der Waals surface area contributed by atoms with E-state index in [9.17, 15) is 5.11 Å². The lowest BCUT2D eigenvalue weighted by atomic mass is 10.1. The highest BCUT2D eigenvalue weighted by Crippen LogP contribution is 2.22. The van der Waals surface area contributed by atoms with Crippen molar-refractivity contribution in [1.82, 2.24) is 10.2 Å². The van der Waals surface area contributed by atoms with Gasteiger partial charge in [-0.1, -0.05) is 13.8 Å². The van der Waals surface area contributed by atoms with Gasteiger partial charge in [0.05, 0.1) is 7.11 Å². The molecule has 19 heavy (non-hydrogen) atoms. The van der Waals surface area contributed by atoms with Gasteiger partial charge in [-0.25, -0.2) is 0 Å². The predicted octanol–water partition coefficient (Wildman–Crippen LogP) is 2.22. The van der Waals surface area contributed by atoms with Crippen LogP contribution in [0.1, 0.15) is 26.3 Å². The SMILES string of the molecule is CCN(CC)CC(C)NCc1cc(OC)ccc1O. The highest BCUT2D eigenvalue weighted by atomic mass is 16.5. The average molecular weight is 266 g/mol. The van der Waals surface area contributed by atoms with Crippen LogP contribution in [0.15, 0.2) is 18.2 Å². The van der Waals surface area contributed by atoms with Gasteiger partial charge in [0.2, 0.25) is 0 Å². The van der Waals surface area contributed by atoms with E-state index in [-0.39, 0.29) is 0 Å². The van der Waals surface area contributed by atoms with Gasteiger partial charge in [-0.15, -0.1) is 0 Å². The highest BCUT2D eigenvalue weighted by Gasteiger charge is 2.08. The van der Waals surface area contributed by atoms with Crippen molar-refractivity contribution < 1.29 is 9.84 Å². The van der Waals surface area contributed by atoms with Crippen LogP contribution >= 0.6 is 0 Å². The number of likely N-dealkylation sites (N-methyl/N-ethyl adjacent to an activating group) is 1. The summed E-state index contributed by atoms with van der Waals surface area (Å²) < 4.78 is 5.17. The second-order valence-corrected chi connectivity index (χ2v) is 4.76. The molecule has 2 N–H and O–H groups in total. The van der Waals surface area contributed by atoms with Crippen LogP contribution in [-0.2, 0) is 6.54 Å². The van der Waals surface area contributed by atoms with E-state index in [0.29, 0.717) is 18.3 Å². The summed E-state index contributed by atoms with van der Waals surface area (Å²) in [5, 5.41) is 13.2. The van der Waals surface area contributed by atoms with Crippen molar-refractivity contribution in [2.24, 2.45) is 0 Å². The molecule has 4 nitrogen and oxygen atoms in total. The number of nitrogens with one attached hydrogen (secondary N) is 1. The van der Waals surface area contributed by atoms with Crippen LogP contribution in [0, 0.1) is 0 Å². The van der Waals surface area contributed by atoms with Crippen molar-refractivity contribution in [3.05, 3.63) is 23.8 Å². The molecular formula is C15H26N2O2. The summed E-state index contributed by atoms with van der Waals surface area (Å²) in [6.07, 6.45) is 0. The maximum atomic E-state index is 9.81. The molecule has 1 aromatic carbocycles. The van der Waals surface area contributed by atoms with E-state index in [4.69, 9.17) is 4.74 Å².